The molecule has 1 aromatic heterocycles. The molecular weight excluding hydrogens is 391 g/mol. The molecule has 0 spiro atoms. The summed E-state index contributed by atoms with van der Waals surface area (Å²) in [5.74, 6) is -0.243. The Labute approximate surface area is 173 Å². The first-order valence-electron chi connectivity index (χ1n) is 9.79. The summed E-state index contributed by atoms with van der Waals surface area (Å²) in [5, 5.41) is 2.83. The van der Waals surface area contributed by atoms with Gasteiger partial charge in [0.25, 0.3) is 5.91 Å². The van der Waals surface area contributed by atoms with Gasteiger partial charge < -0.3 is 10.2 Å². The van der Waals surface area contributed by atoms with Gasteiger partial charge in [0.1, 0.15) is 5.82 Å². The second-order valence-corrected chi connectivity index (χ2v) is 8.61. The van der Waals surface area contributed by atoms with Crippen LogP contribution in [0.1, 0.15) is 57.5 Å². The molecule has 0 bridgehead atoms. The van der Waals surface area contributed by atoms with E-state index in [1.165, 1.54) is 30.4 Å². The quantitative estimate of drug-likeness (QED) is 0.696. The molecule has 0 aliphatic carbocycles. The van der Waals surface area contributed by atoms with Crippen LogP contribution in [0.25, 0.3) is 0 Å². The molecule has 1 atom stereocenters. The van der Waals surface area contributed by atoms with Crippen LogP contribution in [0.2, 0.25) is 0 Å². The lowest BCUT2D eigenvalue weighted by molar-refractivity contribution is -0.116. The molecule has 0 radical (unpaired) electrons. The van der Waals surface area contributed by atoms with Crippen molar-refractivity contribution in [3.05, 3.63) is 51.5 Å². The molecule has 2 amide bonds. The summed E-state index contributed by atoms with van der Waals surface area (Å²) in [6.45, 7) is 4.57. The monoisotopic (exact) mass is 416 g/mol. The number of likely N-dealkylation sites (tertiary alicyclic amines) is 1. The van der Waals surface area contributed by atoms with Gasteiger partial charge in [0.2, 0.25) is 5.91 Å². The molecule has 3 rings (SSSR count). The van der Waals surface area contributed by atoms with E-state index in [1.807, 2.05) is 4.90 Å². The number of amides is 2. The number of benzene rings is 1. The van der Waals surface area contributed by atoms with Crippen LogP contribution in [0.5, 0.6) is 0 Å². The first-order chi connectivity index (χ1) is 13.8. The lowest BCUT2D eigenvalue weighted by Crippen LogP contribution is -2.39. The van der Waals surface area contributed by atoms with Crippen molar-refractivity contribution < 1.29 is 18.8 Å². The van der Waals surface area contributed by atoms with Crippen molar-refractivity contribution in [2.45, 2.75) is 39.5 Å². The Balaban J connectivity index is 1.52. The third-order valence-electron chi connectivity index (χ3n) is 5.21. The molecule has 154 valence electrons. The lowest BCUT2D eigenvalue weighted by atomic mass is 9.93. The van der Waals surface area contributed by atoms with Crippen LogP contribution < -0.4 is 5.32 Å². The maximum atomic E-state index is 13.2. The topological polar surface area (TPSA) is 66.5 Å². The lowest BCUT2D eigenvalue weighted by Gasteiger charge is -2.32. The molecule has 1 aromatic carbocycles. The molecule has 1 aliphatic heterocycles. The highest BCUT2D eigenvalue weighted by atomic mass is 32.1. The Morgan fingerprint density at radius 1 is 1.21 bits per heavy atom. The van der Waals surface area contributed by atoms with Crippen molar-refractivity contribution >= 4 is 34.6 Å². The van der Waals surface area contributed by atoms with E-state index in [0.717, 1.165) is 12.8 Å². The fraction of sp³-hybridized carbons (Fsp3) is 0.409. The molecule has 1 N–H and O–H groups in total. The molecule has 0 unspecified atom stereocenters. The maximum Gasteiger partial charge on any atom is 0.263 e. The summed E-state index contributed by atoms with van der Waals surface area (Å²) in [6, 6.07) is 7.70. The number of thiophene rings is 1. The van der Waals surface area contributed by atoms with E-state index in [4.69, 9.17) is 0 Å². The number of aryl methyl sites for hydroxylation is 1. The number of anilines is 1. The van der Waals surface area contributed by atoms with Crippen LogP contribution in [-0.2, 0) is 4.79 Å². The third-order valence-corrected chi connectivity index (χ3v) is 6.39. The van der Waals surface area contributed by atoms with Crippen LogP contribution in [0.15, 0.2) is 30.3 Å². The minimum absolute atomic E-state index is 0.0343. The standard InChI is InChI=1S/C22H25FN2O3S/c1-14-12-17(23)6-7-18(14)24-21(27)10-5-16-4-3-11-25(13-16)22(28)20-9-8-19(29-20)15(2)26/h6-9,12,16H,3-5,10-11,13H2,1-2H3,(H,24,27)/t16-/m1/s1. The minimum atomic E-state index is -0.325. The highest BCUT2D eigenvalue weighted by Gasteiger charge is 2.26. The fourth-order valence-electron chi connectivity index (χ4n) is 3.60. The molecule has 1 saturated heterocycles. The zero-order chi connectivity index (χ0) is 21.0. The second kappa shape index (κ2) is 9.31. The fourth-order valence-corrected chi connectivity index (χ4v) is 4.47. The Bertz CT molecular complexity index is 925. The van der Waals surface area contributed by atoms with Gasteiger partial charge in [-0.05, 0) is 74.9 Å². The first kappa shape index (κ1) is 21.2. The second-order valence-electron chi connectivity index (χ2n) is 7.53. The Morgan fingerprint density at radius 2 is 1.97 bits per heavy atom. The van der Waals surface area contributed by atoms with Crippen molar-refractivity contribution in [1.82, 2.24) is 4.90 Å². The Hall–Kier alpha value is -2.54. The smallest absolute Gasteiger partial charge is 0.263 e. The summed E-state index contributed by atoms with van der Waals surface area (Å²) < 4.78 is 13.2. The Kier molecular flexibility index (Phi) is 6.79. The molecule has 1 fully saturated rings. The first-order valence-corrected chi connectivity index (χ1v) is 10.6. The van der Waals surface area contributed by atoms with Gasteiger partial charge in [-0.3, -0.25) is 14.4 Å². The average Bonchev–Trinajstić information content (AvgIpc) is 3.19. The molecule has 7 heteroatoms. The van der Waals surface area contributed by atoms with Gasteiger partial charge >= 0.3 is 0 Å². The van der Waals surface area contributed by atoms with E-state index in [-0.39, 0.29) is 29.3 Å². The van der Waals surface area contributed by atoms with Gasteiger partial charge in [-0.25, -0.2) is 4.39 Å². The summed E-state index contributed by atoms with van der Waals surface area (Å²) in [6.07, 6.45) is 2.94. The van der Waals surface area contributed by atoms with Crippen LogP contribution >= 0.6 is 11.3 Å². The zero-order valence-electron chi connectivity index (χ0n) is 16.7. The van der Waals surface area contributed by atoms with Crippen molar-refractivity contribution in [3.63, 3.8) is 0 Å². The summed E-state index contributed by atoms with van der Waals surface area (Å²) in [4.78, 5) is 39.5. The Morgan fingerprint density at radius 3 is 2.66 bits per heavy atom. The average molecular weight is 417 g/mol. The maximum absolute atomic E-state index is 13.2. The highest BCUT2D eigenvalue weighted by molar-refractivity contribution is 7.15. The summed E-state index contributed by atoms with van der Waals surface area (Å²) in [5.41, 5.74) is 1.31. The van der Waals surface area contributed by atoms with Crippen LogP contribution in [0, 0.1) is 18.7 Å². The summed E-state index contributed by atoms with van der Waals surface area (Å²) in [7, 11) is 0. The van der Waals surface area contributed by atoms with Gasteiger partial charge in [0.05, 0.1) is 9.75 Å². The van der Waals surface area contributed by atoms with Gasteiger partial charge in [-0.2, -0.15) is 0 Å². The number of rotatable bonds is 6. The highest BCUT2D eigenvalue weighted by Crippen LogP contribution is 2.25. The number of nitrogens with zero attached hydrogens (tertiary/aromatic N) is 1. The van der Waals surface area contributed by atoms with Crippen molar-refractivity contribution in [3.8, 4) is 0 Å². The van der Waals surface area contributed by atoms with Gasteiger partial charge in [-0.15, -0.1) is 11.3 Å². The van der Waals surface area contributed by atoms with Crippen molar-refractivity contribution in [1.29, 1.82) is 0 Å². The number of carbonyl (C=O) groups is 3. The van der Waals surface area contributed by atoms with E-state index < -0.39 is 0 Å². The SMILES string of the molecule is CC(=O)c1ccc(C(=O)N2CCC[C@H](CCC(=O)Nc3ccc(F)cc3C)C2)s1. The van der Waals surface area contributed by atoms with E-state index in [9.17, 15) is 18.8 Å². The molecule has 29 heavy (non-hydrogen) atoms. The van der Waals surface area contributed by atoms with Crippen LogP contribution in [-0.4, -0.2) is 35.6 Å². The number of carbonyl (C=O) groups excluding carboxylic acids is 3. The van der Waals surface area contributed by atoms with Gasteiger partial charge in [0.15, 0.2) is 5.78 Å². The number of nitrogens with one attached hydrogen (secondary N) is 1. The van der Waals surface area contributed by atoms with E-state index >= 15 is 0 Å². The number of halogens is 1. The largest absolute Gasteiger partial charge is 0.338 e. The molecular formula is C22H25FN2O3S. The van der Waals surface area contributed by atoms with E-state index in [2.05, 4.69) is 5.32 Å². The number of Topliss-reactive ketones (excluding diaryl/α,β-unsaturated/α-hetero) is 1. The number of ketones is 1. The number of hydrogen-bond donors (Lipinski definition) is 1. The molecule has 0 saturated carbocycles. The van der Waals surface area contributed by atoms with Gasteiger partial charge in [-0.1, -0.05) is 0 Å². The third kappa shape index (κ3) is 5.50. The van der Waals surface area contributed by atoms with Crippen LogP contribution in [0.3, 0.4) is 0 Å². The van der Waals surface area contributed by atoms with E-state index in [0.29, 0.717) is 46.9 Å². The minimum Gasteiger partial charge on any atom is -0.338 e. The van der Waals surface area contributed by atoms with Crippen molar-refractivity contribution in [2.75, 3.05) is 18.4 Å². The van der Waals surface area contributed by atoms with E-state index in [1.54, 1.807) is 25.1 Å². The number of hydrogen-bond acceptors (Lipinski definition) is 4. The van der Waals surface area contributed by atoms with Crippen LogP contribution in [0.4, 0.5) is 10.1 Å². The molecule has 2 heterocycles. The normalized spacial score (nSPS) is 16.5. The predicted octanol–water partition coefficient (Wildman–Crippen LogP) is 4.67. The molecule has 2 aromatic rings. The van der Waals surface area contributed by atoms with Gasteiger partial charge in [0, 0.05) is 25.2 Å². The summed E-state index contributed by atoms with van der Waals surface area (Å²) >= 11 is 1.23. The zero-order valence-corrected chi connectivity index (χ0v) is 17.5. The predicted molar refractivity (Wildman–Crippen MR) is 112 cm³/mol. The van der Waals surface area contributed by atoms with Crippen molar-refractivity contribution in [2.24, 2.45) is 5.92 Å². The molecule has 5 nitrogen and oxygen atoms in total. The molecule has 1 aliphatic rings. The number of piperidine rings is 1.